The summed E-state index contributed by atoms with van der Waals surface area (Å²) in [6.07, 6.45) is 1.70. The van der Waals surface area contributed by atoms with Crippen molar-refractivity contribution < 1.29 is 9.53 Å². The number of nitrogens with one attached hydrogen (secondary N) is 2. The summed E-state index contributed by atoms with van der Waals surface area (Å²) in [5.74, 6) is 0.378. The van der Waals surface area contributed by atoms with Crippen molar-refractivity contribution in [3.8, 4) is 11.3 Å². The number of nitrogens with zero attached hydrogens (tertiary/aromatic N) is 3. The summed E-state index contributed by atoms with van der Waals surface area (Å²) in [5.41, 5.74) is 4.26. The second-order valence-corrected chi connectivity index (χ2v) is 7.32. The standard InChI is InChI=1S/C22H22ClN5O2/c1-15(29)25-17-4-2-16(3-5-17)20-8-9-24-22(27-20)26-18-6-7-21(19(23)14-18)28-10-12-30-13-11-28/h2-9,14H,10-13H2,1H3,(H,25,29)(H,24,26,27). The van der Waals surface area contributed by atoms with E-state index in [1.54, 1.807) is 6.20 Å². The smallest absolute Gasteiger partial charge is 0.227 e. The van der Waals surface area contributed by atoms with E-state index < -0.39 is 0 Å². The number of amides is 1. The Labute approximate surface area is 180 Å². The highest BCUT2D eigenvalue weighted by Gasteiger charge is 2.14. The number of hydrogen-bond donors (Lipinski definition) is 2. The lowest BCUT2D eigenvalue weighted by atomic mass is 10.1. The summed E-state index contributed by atoms with van der Waals surface area (Å²) < 4.78 is 5.40. The van der Waals surface area contributed by atoms with Crippen molar-refractivity contribution in [2.45, 2.75) is 6.92 Å². The molecule has 1 amide bonds. The van der Waals surface area contributed by atoms with Crippen LogP contribution in [0.15, 0.2) is 54.7 Å². The highest BCUT2D eigenvalue weighted by atomic mass is 35.5. The van der Waals surface area contributed by atoms with Crippen molar-refractivity contribution in [3.63, 3.8) is 0 Å². The van der Waals surface area contributed by atoms with Crippen LogP contribution in [0.3, 0.4) is 0 Å². The molecule has 0 bridgehead atoms. The van der Waals surface area contributed by atoms with Gasteiger partial charge in [0, 0.05) is 43.1 Å². The second kappa shape index (κ2) is 9.11. The van der Waals surface area contributed by atoms with Gasteiger partial charge in [-0.05, 0) is 36.4 Å². The van der Waals surface area contributed by atoms with Crippen LogP contribution in [0.2, 0.25) is 5.02 Å². The lowest BCUT2D eigenvalue weighted by Crippen LogP contribution is -2.36. The highest BCUT2D eigenvalue weighted by Crippen LogP contribution is 2.30. The molecular weight excluding hydrogens is 402 g/mol. The van der Waals surface area contributed by atoms with Crippen LogP contribution in [0.1, 0.15) is 6.92 Å². The van der Waals surface area contributed by atoms with Gasteiger partial charge in [0.05, 0.1) is 29.6 Å². The Balaban J connectivity index is 1.49. The van der Waals surface area contributed by atoms with E-state index in [0.717, 1.165) is 41.4 Å². The quantitative estimate of drug-likeness (QED) is 0.635. The number of rotatable bonds is 5. The van der Waals surface area contributed by atoms with Crippen molar-refractivity contribution in [2.24, 2.45) is 0 Å². The number of morpholine rings is 1. The monoisotopic (exact) mass is 423 g/mol. The first-order chi connectivity index (χ1) is 14.6. The lowest BCUT2D eigenvalue weighted by molar-refractivity contribution is -0.114. The minimum atomic E-state index is -0.102. The molecule has 2 aromatic carbocycles. The van der Waals surface area contributed by atoms with Gasteiger partial charge in [0.1, 0.15) is 0 Å². The van der Waals surface area contributed by atoms with E-state index in [2.05, 4.69) is 25.5 Å². The first kappa shape index (κ1) is 20.1. The van der Waals surface area contributed by atoms with Crippen LogP contribution in [-0.2, 0) is 9.53 Å². The minimum Gasteiger partial charge on any atom is -0.378 e. The predicted molar refractivity (Wildman–Crippen MR) is 120 cm³/mol. The van der Waals surface area contributed by atoms with Gasteiger partial charge in [-0.15, -0.1) is 0 Å². The third-order valence-corrected chi connectivity index (χ3v) is 5.01. The molecule has 0 saturated carbocycles. The number of halogens is 1. The molecule has 0 aliphatic carbocycles. The van der Waals surface area contributed by atoms with Gasteiger partial charge in [-0.1, -0.05) is 23.7 Å². The molecule has 7 nitrogen and oxygen atoms in total. The summed E-state index contributed by atoms with van der Waals surface area (Å²) in [4.78, 5) is 22.3. The summed E-state index contributed by atoms with van der Waals surface area (Å²) in [7, 11) is 0. The zero-order chi connectivity index (χ0) is 20.9. The SMILES string of the molecule is CC(=O)Nc1ccc(-c2ccnc(Nc3ccc(N4CCOCC4)c(Cl)c3)n2)cc1. The summed E-state index contributed by atoms with van der Waals surface area (Å²) >= 11 is 6.51. The Morgan fingerprint density at radius 3 is 2.50 bits per heavy atom. The van der Waals surface area contributed by atoms with Crippen molar-refractivity contribution in [3.05, 3.63) is 59.8 Å². The maximum absolute atomic E-state index is 11.2. The number of hydrogen-bond acceptors (Lipinski definition) is 6. The van der Waals surface area contributed by atoms with E-state index in [-0.39, 0.29) is 5.91 Å². The van der Waals surface area contributed by atoms with Gasteiger partial charge in [0.25, 0.3) is 0 Å². The Kier molecular flexibility index (Phi) is 6.11. The van der Waals surface area contributed by atoms with Crippen LogP contribution in [0.5, 0.6) is 0 Å². The van der Waals surface area contributed by atoms with E-state index in [0.29, 0.717) is 24.2 Å². The Hall–Kier alpha value is -3.16. The van der Waals surface area contributed by atoms with E-state index in [4.69, 9.17) is 16.3 Å². The molecule has 1 saturated heterocycles. The summed E-state index contributed by atoms with van der Waals surface area (Å²) in [6, 6.07) is 15.2. The van der Waals surface area contributed by atoms with E-state index >= 15 is 0 Å². The van der Waals surface area contributed by atoms with Crippen LogP contribution in [0, 0.1) is 0 Å². The van der Waals surface area contributed by atoms with Crippen molar-refractivity contribution in [2.75, 3.05) is 41.8 Å². The molecular formula is C22H22ClN5O2. The van der Waals surface area contributed by atoms with E-state index in [9.17, 15) is 4.79 Å². The van der Waals surface area contributed by atoms with Crippen LogP contribution >= 0.6 is 11.6 Å². The van der Waals surface area contributed by atoms with E-state index in [1.807, 2.05) is 48.5 Å². The zero-order valence-corrected chi connectivity index (χ0v) is 17.3. The molecule has 30 heavy (non-hydrogen) atoms. The van der Waals surface area contributed by atoms with Crippen LogP contribution < -0.4 is 15.5 Å². The molecule has 2 heterocycles. The second-order valence-electron chi connectivity index (χ2n) is 6.91. The van der Waals surface area contributed by atoms with Crippen LogP contribution in [0.4, 0.5) is 23.0 Å². The van der Waals surface area contributed by atoms with Gasteiger partial charge in [0.15, 0.2) is 0 Å². The van der Waals surface area contributed by atoms with Gasteiger partial charge >= 0.3 is 0 Å². The maximum atomic E-state index is 11.2. The molecule has 0 radical (unpaired) electrons. The first-order valence-corrected chi connectivity index (χ1v) is 10.1. The summed E-state index contributed by atoms with van der Waals surface area (Å²) in [6.45, 7) is 4.57. The third kappa shape index (κ3) is 4.87. The first-order valence-electron chi connectivity index (χ1n) is 9.69. The average Bonchev–Trinajstić information content (AvgIpc) is 2.75. The van der Waals surface area contributed by atoms with Gasteiger partial charge in [0.2, 0.25) is 11.9 Å². The molecule has 1 aliphatic heterocycles. The Bertz CT molecular complexity index is 1040. The zero-order valence-electron chi connectivity index (χ0n) is 16.6. The molecule has 1 aromatic heterocycles. The predicted octanol–water partition coefficient (Wildman–Crippen LogP) is 4.34. The fraction of sp³-hybridized carbons (Fsp3) is 0.227. The van der Waals surface area contributed by atoms with Gasteiger partial charge < -0.3 is 20.3 Å². The van der Waals surface area contributed by atoms with Crippen LogP contribution in [0.25, 0.3) is 11.3 Å². The van der Waals surface area contributed by atoms with E-state index in [1.165, 1.54) is 6.92 Å². The summed E-state index contributed by atoms with van der Waals surface area (Å²) in [5, 5.41) is 6.64. The maximum Gasteiger partial charge on any atom is 0.227 e. The number of carbonyl (C=O) groups is 1. The van der Waals surface area contributed by atoms with Gasteiger partial charge in [-0.3, -0.25) is 4.79 Å². The normalized spacial score (nSPS) is 13.7. The number of aromatic nitrogens is 2. The average molecular weight is 424 g/mol. The molecule has 0 spiro atoms. The van der Waals surface area contributed by atoms with Gasteiger partial charge in [-0.25, -0.2) is 9.97 Å². The minimum absolute atomic E-state index is 0.102. The number of benzene rings is 2. The molecule has 1 fully saturated rings. The Morgan fingerprint density at radius 2 is 1.80 bits per heavy atom. The molecule has 0 atom stereocenters. The fourth-order valence-electron chi connectivity index (χ4n) is 3.28. The molecule has 2 N–H and O–H groups in total. The largest absolute Gasteiger partial charge is 0.378 e. The Morgan fingerprint density at radius 1 is 1.07 bits per heavy atom. The molecule has 8 heteroatoms. The number of ether oxygens (including phenoxy) is 1. The third-order valence-electron chi connectivity index (χ3n) is 4.71. The molecule has 1 aliphatic rings. The highest BCUT2D eigenvalue weighted by molar-refractivity contribution is 6.33. The van der Waals surface area contributed by atoms with Gasteiger partial charge in [-0.2, -0.15) is 0 Å². The van der Waals surface area contributed by atoms with Crippen molar-refractivity contribution >= 4 is 40.5 Å². The molecule has 4 rings (SSSR count). The number of carbonyl (C=O) groups excluding carboxylic acids is 1. The van der Waals surface area contributed by atoms with Crippen molar-refractivity contribution in [1.29, 1.82) is 0 Å². The fourth-order valence-corrected chi connectivity index (χ4v) is 3.58. The molecule has 154 valence electrons. The molecule has 0 unspecified atom stereocenters. The van der Waals surface area contributed by atoms with Crippen molar-refractivity contribution in [1.82, 2.24) is 9.97 Å². The lowest BCUT2D eigenvalue weighted by Gasteiger charge is -2.29. The van der Waals surface area contributed by atoms with Crippen LogP contribution in [-0.4, -0.2) is 42.2 Å². The molecule has 3 aromatic rings. The topological polar surface area (TPSA) is 79.4 Å². The number of anilines is 4.